The predicted octanol–water partition coefficient (Wildman–Crippen LogP) is 2.91. The van der Waals surface area contributed by atoms with Crippen LogP contribution in [-0.4, -0.2) is 48.1 Å². The van der Waals surface area contributed by atoms with E-state index >= 15 is 0 Å². The lowest BCUT2D eigenvalue weighted by Gasteiger charge is -2.31. The largest absolute Gasteiger partial charge is 0.454 e. The van der Waals surface area contributed by atoms with Crippen LogP contribution in [0, 0.1) is 0 Å². The maximum atomic E-state index is 12.8. The Kier molecular flexibility index (Phi) is 6.20. The van der Waals surface area contributed by atoms with E-state index in [-0.39, 0.29) is 12.4 Å². The summed E-state index contributed by atoms with van der Waals surface area (Å²) in [6, 6.07) is 6.04. The van der Waals surface area contributed by atoms with Gasteiger partial charge in [-0.15, -0.1) is 0 Å². The van der Waals surface area contributed by atoms with E-state index in [4.69, 9.17) is 26.4 Å². The van der Waals surface area contributed by atoms with E-state index in [9.17, 15) is 4.79 Å². The number of thiocarbonyl (C=S) groups is 1. The maximum absolute atomic E-state index is 12.8. The van der Waals surface area contributed by atoms with Crippen LogP contribution in [0.25, 0.3) is 10.9 Å². The molecule has 2 heterocycles. The Balaban J connectivity index is 1.56. The van der Waals surface area contributed by atoms with Crippen molar-refractivity contribution in [3.05, 3.63) is 34.1 Å². The van der Waals surface area contributed by atoms with Crippen molar-refractivity contribution in [1.29, 1.82) is 0 Å². The number of nitrogens with one attached hydrogen (secondary N) is 2. The van der Waals surface area contributed by atoms with Gasteiger partial charge in [-0.25, -0.2) is 0 Å². The van der Waals surface area contributed by atoms with Gasteiger partial charge in [0.15, 0.2) is 16.6 Å². The summed E-state index contributed by atoms with van der Waals surface area (Å²) in [5, 5.41) is 4.97. The highest BCUT2D eigenvalue weighted by Crippen LogP contribution is 2.35. The number of fused-ring (bicyclic) bond motifs is 2. The number of H-pyrrole nitrogens is 1. The molecule has 1 aromatic heterocycles. The quantitative estimate of drug-likeness (QED) is 0.530. The maximum Gasteiger partial charge on any atom is 0.253 e. The Morgan fingerprint density at radius 1 is 1.28 bits per heavy atom. The molecule has 0 spiro atoms. The van der Waals surface area contributed by atoms with E-state index in [1.165, 1.54) is 12.8 Å². The van der Waals surface area contributed by atoms with Crippen molar-refractivity contribution in [3.63, 3.8) is 0 Å². The van der Waals surface area contributed by atoms with Crippen LogP contribution in [0.4, 0.5) is 0 Å². The van der Waals surface area contributed by atoms with Gasteiger partial charge in [-0.05, 0) is 43.6 Å². The molecule has 4 rings (SSSR count). The third-order valence-electron chi connectivity index (χ3n) is 5.58. The molecule has 1 aromatic carbocycles. The molecule has 1 aliphatic heterocycles. The van der Waals surface area contributed by atoms with Gasteiger partial charge in [0.05, 0.1) is 12.1 Å². The Labute approximate surface area is 175 Å². The van der Waals surface area contributed by atoms with Gasteiger partial charge < -0.3 is 29.4 Å². The lowest BCUT2D eigenvalue weighted by molar-refractivity contribution is 0.174. The van der Waals surface area contributed by atoms with E-state index in [1.807, 2.05) is 18.2 Å². The van der Waals surface area contributed by atoms with Crippen LogP contribution in [0.2, 0.25) is 0 Å². The zero-order valence-electron chi connectivity index (χ0n) is 16.7. The normalized spacial score (nSPS) is 15.8. The second-order valence-corrected chi connectivity index (χ2v) is 7.95. The molecule has 0 amide bonds. The number of aromatic amines is 1. The molecule has 1 aliphatic carbocycles. The summed E-state index contributed by atoms with van der Waals surface area (Å²) in [7, 11) is 1.70. The number of aromatic nitrogens is 1. The molecule has 0 saturated heterocycles. The van der Waals surface area contributed by atoms with Gasteiger partial charge in [-0.1, -0.05) is 12.8 Å². The van der Waals surface area contributed by atoms with Crippen molar-refractivity contribution >= 4 is 28.2 Å². The van der Waals surface area contributed by atoms with Gasteiger partial charge >= 0.3 is 0 Å². The summed E-state index contributed by atoms with van der Waals surface area (Å²) < 4.78 is 16.0. The molecule has 156 valence electrons. The predicted molar refractivity (Wildman–Crippen MR) is 116 cm³/mol. The molecule has 2 aromatic rings. The van der Waals surface area contributed by atoms with Crippen LogP contribution in [0.15, 0.2) is 23.0 Å². The average Bonchev–Trinajstić information content (AvgIpc) is 3.39. The summed E-state index contributed by atoms with van der Waals surface area (Å²) in [6.07, 6.45) is 5.49. The first kappa shape index (κ1) is 20.0. The summed E-state index contributed by atoms with van der Waals surface area (Å²) in [5.74, 6) is 1.37. The van der Waals surface area contributed by atoms with Crippen LogP contribution in [0.5, 0.6) is 11.5 Å². The lowest BCUT2D eigenvalue weighted by atomic mass is 10.1. The van der Waals surface area contributed by atoms with Gasteiger partial charge in [0, 0.05) is 43.3 Å². The first-order chi connectivity index (χ1) is 14.2. The monoisotopic (exact) mass is 417 g/mol. The van der Waals surface area contributed by atoms with E-state index in [0.29, 0.717) is 41.4 Å². The molecule has 8 heteroatoms. The minimum Gasteiger partial charge on any atom is -0.454 e. The molecule has 0 unspecified atom stereocenters. The smallest absolute Gasteiger partial charge is 0.253 e. The third-order valence-corrected chi connectivity index (χ3v) is 5.96. The second-order valence-electron chi connectivity index (χ2n) is 7.56. The summed E-state index contributed by atoms with van der Waals surface area (Å²) in [5.41, 5.74) is 1.35. The summed E-state index contributed by atoms with van der Waals surface area (Å²) >= 11 is 5.69. The van der Waals surface area contributed by atoms with Crippen molar-refractivity contribution in [3.8, 4) is 11.5 Å². The molecule has 7 nitrogen and oxygen atoms in total. The topological polar surface area (TPSA) is 75.8 Å². The minimum absolute atomic E-state index is 0.0958. The number of ether oxygens (including phenoxy) is 3. The number of methoxy groups -OCH3 is 1. The molecule has 1 saturated carbocycles. The Morgan fingerprint density at radius 2 is 2.03 bits per heavy atom. The van der Waals surface area contributed by atoms with E-state index in [0.717, 1.165) is 36.7 Å². The molecule has 29 heavy (non-hydrogen) atoms. The molecule has 0 atom stereocenters. The molecule has 0 bridgehead atoms. The molecule has 2 N–H and O–H groups in total. The van der Waals surface area contributed by atoms with Crippen LogP contribution in [0.1, 0.15) is 37.7 Å². The van der Waals surface area contributed by atoms with E-state index in [2.05, 4.69) is 15.2 Å². The first-order valence-corrected chi connectivity index (χ1v) is 10.6. The molecular weight excluding hydrogens is 390 g/mol. The standard InChI is InChI=1S/C21H27N3O4S/c1-26-8-4-7-22-21(29)24(16-5-2-3-6-16)12-15-9-14-10-18-19(28-13-27-18)11-17(14)23-20(15)25/h9-11,16H,2-8,12-13H2,1H3,(H,22,29)(H,23,25). The number of hydrogen-bond donors (Lipinski definition) is 2. The Bertz CT molecular complexity index is 939. The fourth-order valence-corrected chi connectivity index (χ4v) is 4.35. The third kappa shape index (κ3) is 4.48. The van der Waals surface area contributed by atoms with Crippen LogP contribution in [0.3, 0.4) is 0 Å². The number of hydrogen-bond acceptors (Lipinski definition) is 5. The molecular formula is C21H27N3O4S. The van der Waals surface area contributed by atoms with Gasteiger partial charge in [-0.2, -0.15) is 0 Å². The van der Waals surface area contributed by atoms with Gasteiger partial charge in [0.2, 0.25) is 6.79 Å². The van der Waals surface area contributed by atoms with Crippen molar-refractivity contribution in [2.24, 2.45) is 0 Å². The minimum atomic E-state index is -0.0958. The fourth-order valence-electron chi connectivity index (χ4n) is 4.04. The summed E-state index contributed by atoms with van der Waals surface area (Å²) in [6.45, 7) is 2.15. The number of benzene rings is 1. The van der Waals surface area contributed by atoms with Crippen molar-refractivity contribution in [2.45, 2.75) is 44.7 Å². The lowest BCUT2D eigenvalue weighted by Crippen LogP contribution is -2.45. The van der Waals surface area contributed by atoms with Crippen LogP contribution >= 0.6 is 12.2 Å². The molecule has 2 aliphatic rings. The fraction of sp³-hybridized carbons (Fsp3) is 0.524. The zero-order valence-corrected chi connectivity index (χ0v) is 17.5. The van der Waals surface area contributed by atoms with Crippen molar-refractivity contribution < 1.29 is 14.2 Å². The Hall–Kier alpha value is -2.32. The van der Waals surface area contributed by atoms with Gasteiger partial charge in [0.1, 0.15) is 0 Å². The van der Waals surface area contributed by atoms with Crippen molar-refractivity contribution in [1.82, 2.24) is 15.2 Å². The van der Waals surface area contributed by atoms with Gasteiger partial charge in [0.25, 0.3) is 5.56 Å². The zero-order chi connectivity index (χ0) is 20.2. The van der Waals surface area contributed by atoms with Crippen molar-refractivity contribution in [2.75, 3.05) is 27.1 Å². The summed E-state index contributed by atoms with van der Waals surface area (Å²) in [4.78, 5) is 17.9. The highest BCUT2D eigenvalue weighted by Gasteiger charge is 2.26. The van der Waals surface area contributed by atoms with E-state index in [1.54, 1.807) is 7.11 Å². The second kappa shape index (κ2) is 9.00. The number of pyridine rings is 1. The highest BCUT2D eigenvalue weighted by atomic mass is 32.1. The van der Waals surface area contributed by atoms with E-state index < -0.39 is 0 Å². The molecule has 1 fully saturated rings. The highest BCUT2D eigenvalue weighted by molar-refractivity contribution is 7.80. The SMILES string of the molecule is COCCCNC(=S)N(Cc1cc2cc3c(cc2[nH]c1=O)OCO3)C1CCCC1. The van der Waals surface area contributed by atoms with Gasteiger partial charge in [-0.3, -0.25) is 4.79 Å². The Morgan fingerprint density at radius 3 is 2.79 bits per heavy atom. The number of rotatable bonds is 7. The van der Waals surface area contributed by atoms with Crippen LogP contribution in [-0.2, 0) is 11.3 Å². The number of nitrogens with zero attached hydrogens (tertiary/aromatic N) is 1. The molecule has 0 radical (unpaired) electrons. The van der Waals surface area contributed by atoms with Crippen LogP contribution < -0.4 is 20.3 Å². The first-order valence-electron chi connectivity index (χ1n) is 10.1. The average molecular weight is 418 g/mol.